The Morgan fingerprint density at radius 2 is 2.00 bits per heavy atom. The Morgan fingerprint density at radius 3 is 2.54 bits per heavy atom. The molecule has 0 aromatic carbocycles. The number of rotatable bonds is 5. The van der Waals surface area contributed by atoms with Crippen molar-refractivity contribution >= 4 is 24.7 Å². The Labute approximate surface area is 93.2 Å². The van der Waals surface area contributed by atoms with Gasteiger partial charge in [-0.2, -0.15) is 0 Å². The first kappa shape index (κ1) is 11.8. The van der Waals surface area contributed by atoms with Crippen LogP contribution in [0.5, 0.6) is 0 Å². The van der Waals surface area contributed by atoms with Gasteiger partial charge in [0.05, 0.1) is 0 Å². The molecule has 0 N–H and O–H groups in total. The molecule has 0 bridgehead atoms. The molecule has 0 unspecified atom stereocenters. The van der Waals surface area contributed by atoms with Crippen molar-refractivity contribution in [3.8, 4) is 0 Å². The molecule has 1 aliphatic heterocycles. The van der Waals surface area contributed by atoms with E-state index in [0.29, 0.717) is 0 Å². The first-order valence-electron chi connectivity index (χ1n) is 5.92. The molecule has 0 aliphatic carbocycles. The van der Waals surface area contributed by atoms with Crippen molar-refractivity contribution in [2.24, 2.45) is 5.92 Å². The second-order valence-electron chi connectivity index (χ2n) is 4.51. The van der Waals surface area contributed by atoms with Gasteiger partial charge in [0.25, 0.3) is 0 Å². The molecule has 1 fully saturated rings. The molecule has 0 aromatic rings. The third kappa shape index (κ3) is 4.64. The summed E-state index contributed by atoms with van der Waals surface area (Å²) in [6, 6.07) is 4.94. The van der Waals surface area contributed by atoms with Crippen LogP contribution in [0.15, 0.2) is 0 Å². The number of hydrogen-bond acceptors (Lipinski definition) is 0. The van der Waals surface area contributed by atoms with Crippen molar-refractivity contribution in [1.29, 1.82) is 0 Å². The third-order valence-electron chi connectivity index (χ3n) is 3.45. The molecule has 0 amide bonds. The fourth-order valence-corrected chi connectivity index (χ4v) is 6.84. The van der Waals surface area contributed by atoms with Gasteiger partial charge in [0.1, 0.15) is 0 Å². The minimum absolute atomic E-state index is 0.223. The van der Waals surface area contributed by atoms with Gasteiger partial charge in [0.2, 0.25) is 0 Å². The first-order chi connectivity index (χ1) is 6.36. The maximum Gasteiger partial charge on any atom is 0.0368 e. The van der Waals surface area contributed by atoms with E-state index in [1.54, 1.807) is 31.0 Å². The minimum Gasteiger partial charge on any atom is -0.0928 e. The summed E-state index contributed by atoms with van der Waals surface area (Å²) in [6.45, 7) is 2.32. The normalized spacial score (nSPS) is 29.1. The molecule has 2 heteroatoms. The van der Waals surface area contributed by atoms with Gasteiger partial charge in [-0.05, 0) is 12.3 Å². The van der Waals surface area contributed by atoms with Crippen LogP contribution in [0, 0.1) is 5.92 Å². The highest BCUT2D eigenvalue weighted by molar-refractivity contribution is 9.09. The monoisotopic (exact) mass is 262 g/mol. The van der Waals surface area contributed by atoms with E-state index in [4.69, 9.17) is 0 Å². The summed E-state index contributed by atoms with van der Waals surface area (Å²) < 4.78 is 0. The highest BCUT2D eigenvalue weighted by Crippen LogP contribution is 2.30. The molecular weight excluding hydrogens is 240 g/mol. The lowest BCUT2D eigenvalue weighted by Crippen LogP contribution is -2.21. The van der Waals surface area contributed by atoms with Gasteiger partial charge in [-0.3, -0.25) is 0 Å². The van der Waals surface area contributed by atoms with E-state index in [1.807, 2.05) is 0 Å². The Hall–Kier alpha value is 0.697. The second kappa shape index (κ2) is 7.05. The van der Waals surface area contributed by atoms with Gasteiger partial charge in [0.15, 0.2) is 0 Å². The fourth-order valence-electron chi connectivity index (χ4n) is 2.46. The molecule has 0 spiro atoms. The van der Waals surface area contributed by atoms with E-state index in [1.165, 1.54) is 24.6 Å². The molecule has 0 saturated carbocycles. The van der Waals surface area contributed by atoms with Gasteiger partial charge in [0, 0.05) is 14.1 Å². The zero-order valence-corrected chi connectivity index (χ0v) is 11.6. The summed E-state index contributed by atoms with van der Waals surface area (Å²) >= 11 is 3.55. The Kier molecular flexibility index (Phi) is 6.38. The van der Waals surface area contributed by atoms with E-state index in [0.717, 1.165) is 5.92 Å². The van der Waals surface area contributed by atoms with Crippen LogP contribution in [0.25, 0.3) is 0 Å². The maximum atomic E-state index is 3.55. The van der Waals surface area contributed by atoms with E-state index in [2.05, 4.69) is 22.9 Å². The summed E-state index contributed by atoms with van der Waals surface area (Å²) in [6.07, 6.45) is 7.47. The van der Waals surface area contributed by atoms with Crippen LogP contribution in [-0.2, 0) is 0 Å². The molecule has 1 rings (SSSR count). The van der Waals surface area contributed by atoms with Crippen LogP contribution >= 0.6 is 15.9 Å². The van der Waals surface area contributed by atoms with Crippen LogP contribution in [0.1, 0.15) is 39.0 Å². The topological polar surface area (TPSA) is 0 Å². The van der Waals surface area contributed by atoms with Crippen LogP contribution in [0.4, 0.5) is 0 Å². The highest BCUT2D eigenvalue weighted by Gasteiger charge is 2.20. The maximum absolute atomic E-state index is 3.55. The first-order valence-corrected chi connectivity index (χ1v) is 9.49. The second-order valence-corrected chi connectivity index (χ2v) is 8.76. The van der Waals surface area contributed by atoms with E-state index in [9.17, 15) is 0 Å². The van der Waals surface area contributed by atoms with E-state index in [-0.39, 0.29) is 8.80 Å². The third-order valence-corrected chi connectivity index (χ3v) is 7.43. The summed E-state index contributed by atoms with van der Waals surface area (Å²) in [5, 5.41) is 1.22. The predicted octanol–water partition coefficient (Wildman–Crippen LogP) is 4.21. The Bertz CT molecular complexity index is 119. The molecule has 0 aromatic heterocycles. The Morgan fingerprint density at radius 1 is 1.31 bits per heavy atom. The summed E-state index contributed by atoms with van der Waals surface area (Å²) in [5.74, 6) is 1.07. The minimum atomic E-state index is -0.223. The lowest BCUT2D eigenvalue weighted by atomic mass is 10.0. The van der Waals surface area contributed by atoms with Crippen molar-refractivity contribution in [2.45, 2.75) is 57.2 Å². The lowest BCUT2D eigenvalue weighted by Gasteiger charge is -2.27. The zero-order valence-electron chi connectivity index (χ0n) is 8.90. The van der Waals surface area contributed by atoms with Crippen LogP contribution in [0.2, 0.25) is 18.1 Å². The van der Waals surface area contributed by atoms with Gasteiger partial charge in [-0.1, -0.05) is 66.7 Å². The van der Waals surface area contributed by atoms with Crippen molar-refractivity contribution in [1.82, 2.24) is 0 Å². The van der Waals surface area contributed by atoms with Crippen molar-refractivity contribution in [2.75, 3.05) is 5.33 Å². The van der Waals surface area contributed by atoms with Gasteiger partial charge in [-0.25, -0.2) is 0 Å². The number of alkyl halides is 1. The predicted molar refractivity (Wildman–Crippen MR) is 67.6 cm³/mol. The number of hydrogen-bond donors (Lipinski definition) is 0. The average Bonchev–Trinajstić information content (AvgIpc) is 2.17. The fraction of sp³-hybridized carbons (Fsp3) is 1.00. The molecule has 0 atom stereocenters. The molecule has 1 aliphatic rings. The van der Waals surface area contributed by atoms with E-state index < -0.39 is 0 Å². The van der Waals surface area contributed by atoms with Crippen LogP contribution < -0.4 is 0 Å². The smallest absolute Gasteiger partial charge is 0.0368 e. The molecular formula is C11H23BrSi. The molecule has 13 heavy (non-hydrogen) atoms. The van der Waals surface area contributed by atoms with Crippen LogP contribution in [0.3, 0.4) is 0 Å². The SMILES string of the molecule is CCCC[Si@H]1CC[C@H](CCBr)CC1. The van der Waals surface area contributed by atoms with E-state index >= 15 is 0 Å². The largest absolute Gasteiger partial charge is 0.0928 e. The van der Waals surface area contributed by atoms with Crippen molar-refractivity contribution in [3.05, 3.63) is 0 Å². The van der Waals surface area contributed by atoms with Crippen molar-refractivity contribution < 1.29 is 0 Å². The average molecular weight is 263 g/mol. The highest BCUT2D eigenvalue weighted by atomic mass is 79.9. The van der Waals surface area contributed by atoms with Crippen molar-refractivity contribution in [3.63, 3.8) is 0 Å². The van der Waals surface area contributed by atoms with Crippen LogP contribution in [-0.4, -0.2) is 14.1 Å². The van der Waals surface area contributed by atoms with Gasteiger partial charge in [-0.15, -0.1) is 0 Å². The standard InChI is InChI=1S/C11H23BrSi/c1-2-3-8-13-9-5-11(4-7-12)6-10-13/h11,13H,2-10H2,1H3/t11-,13-. The molecule has 78 valence electrons. The molecule has 0 nitrogen and oxygen atoms in total. The number of halogens is 1. The summed E-state index contributed by atoms with van der Waals surface area (Å²) in [5.41, 5.74) is 0. The molecule has 0 radical (unpaired) electrons. The lowest BCUT2D eigenvalue weighted by molar-refractivity contribution is 0.460. The summed E-state index contributed by atoms with van der Waals surface area (Å²) in [4.78, 5) is 0. The van der Waals surface area contributed by atoms with Gasteiger partial charge < -0.3 is 0 Å². The molecule has 1 heterocycles. The Balaban J connectivity index is 2.08. The molecule has 1 saturated heterocycles. The zero-order chi connectivity index (χ0) is 9.52. The van der Waals surface area contributed by atoms with Gasteiger partial charge >= 0.3 is 0 Å². The summed E-state index contributed by atoms with van der Waals surface area (Å²) in [7, 11) is -0.223. The quantitative estimate of drug-likeness (QED) is 0.515. The number of unbranched alkanes of at least 4 members (excludes halogenated alkanes) is 1.